The molecular formula is C15H23IN2. The molecule has 1 fully saturated rings. The molecule has 1 aromatic rings. The van der Waals surface area contributed by atoms with Crippen LogP contribution in [-0.4, -0.2) is 31.6 Å². The Morgan fingerprint density at radius 3 is 2.50 bits per heavy atom. The molecule has 18 heavy (non-hydrogen) atoms. The normalized spacial score (nSPS) is 19.9. The second-order valence-corrected chi connectivity index (χ2v) is 6.67. The first-order chi connectivity index (χ1) is 8.65. The minimum Gasteiger partial charge on any atom is -0.310 e. The highest BCUT2D eigenvalue weighted by Gasteiger charge is 2.17. The Morgan fingerprint density at radius 2 is 1.89 bits per heavy atom. The summed E-state index contributed by atoms with van der Waals surface area (Å²) in [7, 11) is 2.22. The minimum atomic E-state index is 0.460. The van der Waals surface area contributed by atoms with Crippen molar-refractivity contribution in [1.82, 2.24) is 10.2 Å². The van der Waals surface area contributed by atoms with E-state index < -0.39 is 0 Å². The number of halogens is 1. The van der Waals surface area contributed by atoms with Crippen LogP contribution in [0.25, 0.3) is 0 Å². The van der Waals surface area contributed by atoms with Gasteiger partial charge in [-0.2, -0.15) is 0 Å². The number of likely N-dealkylation sites (tertiary alicyclic amines) is 1. The first kappa shape index (κ1) is 14.3. The number of benzene rings is 1. The molecular weight excluding hydrogens is 335 g/mol. The van der Waals surface area contributed by atoms with Gasteiger partial charge < -0.3 is 10.2 Å². The van der Waals surface area contributed by atoms with Crippen molar-refractivity contribution >= 4 is 22.6 Å². The molecule has 1 aliphatic rings. The van der Waals surface area contributed by atoms with Crippen LogP contribution in [0.3, 0.4) is 0 Å². The Balaban J connectivity index is 1.77. The Kier molecular flexibility index (Phi) is 5.45. The first-order valence-corrected chi connectivity index (χ1v) is 7.90. The number of nitrogens with one attached hydrogen (secondary N) is 1. The van der Waals surface area contributed by atoms with Crippen LogP contribution in [0.2, 0.25) is 0 Å². The molecule has 2 nitrogen and oxygen atoms in total. The lowest BCUT2D eigenvalue weighted by Crippen LogP contribution is -2.35. The molecule has 0 saturated carbocycles. The molecule has 1 saturated heterocycles. The van der Waals surface area contributed by atoms with Crippen LogP contribution in [0.1, 0.15) is 31.4 Å². The number of piperidine rings is 1. The molecule has 100 valence electrons. The summed E-state index contributed by atoms with van der Waals surface area (Å²) in [6.07, 6.45) is 2.67. The highest BCUT2D eigenvalue weighted by molar-refractivity contribution is 14.1. The fourth-order valence-corrected chi connectivity index (χ4v) is 2.84. The second kappa shape index (κ2) is 6.87. The molecule has 0 radical (unpaired) electrons. The van der Waals surface area contributed by atoms with Gasteiger partial charge in [0.25, 0.3) is 0 Å². The van der Waals surface area contributed by atoms with E-state index in [1.54, 1.807) is 0 Å². The summed E-state index contributed by atoms with van der Waals surface area (Å²) < 4.78 is 1.30. The zero-order valence-corrected chi connectivity index (χ0v) is 13.5. The van der Waals surface area contributed by atoms with E-state index in [2.05, 4.69) is 71.0 Å². The van der Waals surface area contributed by atoms with Crippen LogP contribution in [0.4, 0.5) is 0 Å². The number of hydrogen-bond donors (Lipinski definition) is 1. The minimum absolute atomic E-state index is 0.460. The molecule has 1 N–H and O–H groups in total. The van der Waals surface area contributed by atoms with Crippen LogP contribution in [0.5, 0.6) is 0 Å². The van der Waals surface area contributed by atoms with Crippen LogP contribution in [0.15, 0.2) is 24.3 Å². The molecule has 1 aliphatic heterocycles. The molecule has 1 atom stereocenters. The summed E-state index contributed by atoms with van der Waals surface area (Å²) in [4.78, 5) is 2.43. The lowest BCUT2D eigenvalue weighted by molar-refractivity contribution is 0.213. The van der Waals surface area contributed by atoms with Gasteiger partial charge in [-0.25, -0.2) is 0 Å². The van der Waals surface area contributed by atoms with Gasteiger partial charge in [-0.05, 0) is 92.7 Å². The summed E-state index contributed by atoms with van der Waals surface area (Å²) in [5.41, 5.74) is 1.39. The first-order valence-electron chi connectivity index (χ1n) is 6.82. The van der Waals surface area contributed by atoms with Crippen LogP contribution < -0.4 is 5.32 Å². The lowest BCUT2D eigenvalue weighted by atomic mass is 9.96. The van der Waals surface area contributed by atoms with Crippen LogP contribution in [0, 0.1) is 9.49 Å². The molecule has 0 aliphatic carbocycles. The fraction of sp³-hybridized carbons (Fsp3) is 0.600. The van der Waals surface area contributed by atoms with Crippen LogP contribution in [-0.2, 0) is 0 Å². The van der Waals surface area contributed by atoms with E-state index in [4.69, 9.17) is 0 Å². The Bertz CT molecular complexity index is 355. The second-order valence-electron chi connectivity index (χ2n) is 5.43. The van der Waals surface area contributed by atoms with E-state index in [1.807, 2.05) is 0 Å². The summed E-state index contributed by atoms with van der Waals surface area (Å²) in [6, 6.07) is 9.29. The van der Waals surface area contributed by atoms with Crippen molar-refractivity contribution in [3.05, 3.63) is 33.4 Å². The van der Waals surface area contributed by atoms with Gasteiger partial charge in [0.15, 0.2) is 0 Å². The maximum atomic E-state index is 3.68. The highest BCUT2D eigenvalue weighted by atomic mass is 127. The van der Waals surface area contributed by atoms with Crippen molar-refractivity contribution in [3.63, 3.8) is 0 Å². The van der Waals surface area contributed by atoms with Gasteiger partial charge in [-0.1, -0.05) is 12.1 Å². The monoisotopic (exact) mass is 358 g/mol. The van der Waals surface area contributed by atoms with Gasteiger partial charge in [-0.15, -0.1) is 0 Å². The van der Waals surface area contributed by atoms with Gasteiger partial charge in [0.2, 0.25) is 0 Å². The van der Waals surface area contributed by atoms with E-state index >= 15 is 0 Å². The third-order valence-electron chi connectivity index (χ3n) is 3.92. The maximum absolute atomic E-state index is 3.68. The largest absolute Gasteiger partial charge is 0.310 e. The van der Waals surface area contributed by atoms with Gasteiger partial charge in [0.05, 0.1) is 0 Å². The van der Waals surface area contributed by atoms with Crippen molar-refractivity contribution in [1.29, 1.82) is 0 Å². The van der Waals surface area contributed by atoms with Gasteiger partial charge in [0.1, 0.15) is 0 Å². The zero-order chi connectivity index (χ0) is 13.0. The van der Waals surface area contributed by atoms with E-state index in [9.17, 15) is 0 Å². The van der Waals surface area contributed by atoms with Crippen molar-refractivity contribution in [3.8, 4) is 0 Å². The lowest BCUT2D eigenvalue weighted by Gasteiger charge is -2.30. The average molecular weight is 358 g/mol. The Morgan fingerprint density at radius 1 is 1.28 bits per heavy atom. The van der Waals surface area contributed by atoms with Crippen molar-refractivity contribution in [2.75, 3.05) is 26.7 Å². The predicted molar refractivity (Wildman–Crippen MR) is 85.8 cm³/mol. The molecule has 0 aromatic heterocycles. The standard InChI is InChI=1S/C15H23IN2/c1-12(14-3-5-15(16)6-4-14)17-11-13-7-9-18(2)10-8-13/h3-6,12-13,17H,7-11H2,1-2H3. The average Bonchev–Trinajstić information content (AvgIpc) is 2.38. The van der Waals surface area contributed by atoms with Crippen molar-refractivity contribution < 1.29 is 0 Å². The molecule has 2 rings (SSSR count). The third-order valence-corrected chi connectivity index (χ3v) is 4.64. The van der Waals surface area contributed by atoms with Gasteiger partial charge in [0, 0.05) is 9.61 Å². The zero-order valence-electron chi connectivity index (χ0n) is 11.3. The third kappa shape index (κ3) is 4.21. The van der Waals surface area contributed by atoms with E-state index in [-0.39, 0.29) is 0 Å². The Hall–Kier alpha value is -0.130. The summed E-state index contributed by atoms with van der Waals surface area (Å²) in [5, 5.41) is 3.68. The quantitative estimate of drug-likeness (QED) is 0.831. The SMILES string of the molecule is CC(NCC1CCN(C)CC1)c1ccc(I)cc1. The number of rotatable bonds is 4. The predicted octanol–water partition coefficient (Wildman–Crippen LogP) is 3.28. The summed E-state index contributed by atoms with van der Waals surface area (Å²) in [5.74, 6) is 0.854. The number of hydrogen-bond acceptors (Lipinski definition) is 2. The van der Waals surface area contributed by atoms with Gasteiger partial charge >= 0.3 is 0 Å². The highest BCUT2D eigenvalue weighted by Crippen LogP contribution is 2.18. The van der Waals surface area contributed by atoms with Gasteiger partial charge in [-0.3, -0.25) is 0 Å². The molecule has 1 aromatic carbocycles. The summed E-state index contributed by atoms with van der Waals surface area (Å²) >= 11 is 2.35. The summed E-state index contributed by atoms with van der Waals surface area (Å²) in [6.45, 7) is 5.92. The fourth-order valence-electron chi connectivity index (χ4n) is 2.48. The van der Waals surface area contributed by atoms with Crippen molar-refractivity contribution in [2.45, 2.75) is 25.8 Å². The molecule has 0 amide bonds. The Labute approximate surface area is 124 Å². The number of nitrogens with zero attached hydrogens (tertiary/aromatic N) is 1. The molecule has 0 spiro atoms. The van der Waals surface area contributed by atoms with E-state index in [0.717, 1.165) is 12.5 Å². The smallest absolute Gasteiger partial charge is 0.0291 e. The topological polar surface area (TPSA) is 15.3 Å². The van der Waals surface area contributed by atoms with E-state index in [0.29, 0.717) is 6.04 Å². The van der Waals surface area contributed by atoms with E-state index in [1.165, 1.54) is 35.1 Å². The van der Waals surface area contributed by atoms with Crippen molar-refractivity contribution in [2.24, 2.45) is 5.92 Å². The molecule has 1 unspecified atom stereocenters. The molecule has 3 heteroatoms. The molecule has 1 heterocycles. The maximum Gasteiger partial charge on any atom is 0.0291 e. The van der Waals surface area contributed by atoms with Crippen LogP contribution >= 0.6 is 22.6 Å². The molecule has 0 bridgehead atoms.